The van der Waals surface area contributed by atoms with E-state index in [9.17, 15) is 22.0 Å². The molecule has 2 heterocycles. The third kappa shape index (κ3) is 4.44. The molecule has 30 heavy (non-hydrogen) atoms. The molecule has 1 aliphatic rings. The number of carbonyl (C=O) groups excluding carboxylic acids is 2. The van der Waals surface area contributed by atoms with Gasteiger partial charge in [0.15, 0.2) is 17.2 Å². The third-order valence-electron chi connectivity index (χ3n) is 4.76. The number of nitrogens with zero attached hydrogens (tertiary/aromatic N) is 3. The molecule has 1 aromatic heterocycles. The number of nitrogens with one attached hydrogen (secondary N) is 1. The van der Waals surface area contributed by atoms with Gasteiger partial charge in [-0.3, -0.25) is 4.79 Å². The molecule has 1 saturated heterocycles. The van der Waals surface area contributed by atoms with E-state index in [0.29, 0.717) is 25.9 Å². The lowest BCUT2D eigenvalue weighted by Gasteiger charge is -2.30. The van der Waals surface area contributed by atoms with Gasteiger partial charge >= 0.3 is 5.75 Å². The smallest absolute Gasteiger partial charge is 0.365 e. The minimum Gasteiger partial charge on any atom is -0.383 e. The lowest BCUT2D eigenvalue weighted by Crippen LogP contribution is -2.42. The molecule has 160 valence electrons. The molecule has 0 spiro atoms. The van der Waals surface area contributed by atoms with E-state index in [1.807, 2.05) is 0 Å². The maximum atomic E-state index is 14.2. The molecular formula is C18H20F2N5O4S+. The van der Waals surface area contributed by atoms with Crippen LogP contribution in [0.2, 0.25) is 0 Å². The van der Waals surface area contributed by atoms with E-state index in [-0.39, 0.29) is 29.1 Å². The molecule has 0 saturated carbocycles. The van der Waals surface area contributed by atoms with Gasteiger partial charge in [0, 0.05) is 31.4 Å². The standard InChI is InChI=1S/C18H19F2N5O4S/c1-29-13-4-3-12(19)15(20)14(13)16(26)11-9-22-18(24-17(11)21)23-10-5-7-25(8-6-10)30(2,27)28/h3-4,9-10H,1,5-8H2,2H3,(H2-,21,22,23,24,26)/p+1. The predicted octanol–water partition coefficient (Wildman–Crippen LogP) is 1.48. The van der Waals surface area contributed by atoms with E-state index in [4.69, 9.17) is 10.2 Å². The number of hydrogen-bond donors (Lipinski definition) is 2. The Morgan fingerprint density at radius 2 is 2.00 bits per heavy atom. The fourth-order valence-electron chi connectivity index (χ4n) is 3.15. The van der Waals surface area contributed by atoms with Crippen molar-refractivity contribution in [2.45, 2.75) is 18.9 Å². The summed E-state index contributed by atoms with van der Waals surface area (Å²) in [6, 6.07) is 1.80. The van der Waals surface area contributed by atoms with E-state index < -0.39 is 33.0 Å². The largest absolute Gasteiger partial charge is 0.383 e. The lowest BCUT2D eigenvalue weighted by molar-refractivity contribution is -0.355. The summed E-state index contributed by atoms with van der Waals surface area (Å²) in [4.78, 5) is 20.7. The summed E-state index contributed by atoms with van der Waals surface area (Å²) in [6.45, 7) is 3.84. The van der Waals surface area contributed by atoms with Gasteiger partial charge < -0.3 is 11.1 Å². The van der Waals surface area contributed by atoms with E-state index in [1.54, 1.807) is 0 Å². The van der Waals surface area contributed by atoms with Crippen LogP contribution in [0.4, 0.5) is 20.5 Å². The van der Waals surface area contributed by atoms with E-state index in [1.165, 1.54) is 4.31 Å². The molecule has 0 bridgehead atoms. The molecule has 3 rings (SSSR count). The summed E-state index contributed by atoms with van der Waals surface area (Å²) in [5.41, 5.74) is 4.97. The van der Waals surface area contributed by atoms with Gasteiger partial charge in [-0.15, -0.1) is 0 Å². The summed E-state index contributed by atoms with van der Waals surface area (Å²) in [6.07, 6.45) is 3.34. The Balaban J connectivity index is 1.78. The monoisotopic (exact) mass is 440 g/mol. The van der Waals surface area contributed by atoms with Crippen LogP contribution < -0.4 is 11.1 Å². The number of piperidine rings is 1. The molecule has 1 fully saturated rings. The van der Waals surface area contributed by atoms with E-state index in [2.05, 4.69) is 22.1 Å². The van der Waals surface area contributed by atoms with Crippen molar-refractivity contribution >= 4 is 34.4 Å². The van der Waals surface area contributed by atoms with Crippen molar-refractivity contribution in [1.82, 2.24) is 14.3 Å². The number of hydrogen-bond acceptors (Lipinski definition) is 7. The highest BCUT2D eigenvalue weighted by Gasteiger charge is 2.30. The van der Waals surface area contributed by atoms with Crippen LogP contribution in [0.1, 0.15) is 28.8 Å². The van der Waals surface area contributed by atoms with E-state index >= 15 is 0 Å². The number of aromatic nitrogens is 2. The van der Waals surface area contributed by atoms with Crippen LogP contribution in [-0.2, 0) is 14.4 Å². The number of nitrogen functional groups attached to an aromatic ring is 1. The van der Waals surface area contributed by atoms with Crippen molar-refractivity contribution in [3.05, 3.63) is 41.1 Å². The molecule has 2 aromatic rings. The second kappa shape index (κ2) is 8.40. The maximum Gasteiger partial charge on any atom is 0.365 e. The topological polar surface area (TPSA) is 130 Å². The van der Waals surface area contributed by atoms with Gasteiger partial charge in [0.2, 0.25) is 21.8 Å². The van der Waals surface area contributed by atoms with Gasteiger partial charge in [-0.1, -0.05) is 0 Å². The second-order valence-corrected chi connectivity index (χ2v) is 8.76. The number of ketones is 1. The number of sulfonamides is 1. The van der Waals surface area contributed by atoms with Crippen LogP contribution in [-0.4, -0.2) is 60.7 Å². The van der Waals surface area contributed by atoms with Gasteiger partial charge in [0.25, 0.3) is 6.79 Å². The van der Waals surface area contributed by atoms with E-state index in [0.717, 1.165) is 24.6 Å². The van der Waals surface area contributed by atoms with Crippen molar-refractivity contribution < 1.29 is 26.4 Å². The minimum atomic E-state index is -3.24. The molecule has 12 heteroatoms. The highest BCUT2D eigenvalue weighted by molar-refractivity contribution is 7.88. The molecular weight excluding hydrogens is 420 g/mol. The van der Waals surface area contributed by atoms with Crippen LogP contribution in [0.25, 0.3) is 0 Å². The van der Waals surface area contributed by atoms with Crippen LogP contribution in [0.5, 0.6) is 5.75 Å². The lowest BCUT2D eigenvalue weighted by atomic mass is 10.0. The molecule has 0 radical (unpaired) electrons. The highest BCUT2D eigenvalue weighted by Crippen LogP contribution is 2.28. The van der Waals surface area contributed by atoms with Crippen molar-refractivity contribution in [3.8, 4) is 5.75 Å². The first-order valence-electron chi connectivity index (χ1n) is 8.90. The molecule has 0 atom stereocenters. The zero-order valence-corrected chi connectivity index (χ0v) is 16.9. The van der Waals surface area contributed by atoms with Crippen molar-refractivity contribution in [1.29, 1.82) is 0 Å². The number of halogens is 2. The Labute approximate surface area is 171 Å². The van der Waals surface area contributed by atoms with Gasteiger partial charge in [0.1, 0.15) is 5.82 Å². The van der Waals surface area contributed by atoms with Crippen LogP contribution in [0.15, 0.2) is 18.3 Å². The van der Waals surface area contributed by atoms with Crippen LogP contribution >= 0.6 is 0 Å². The molecule has 1 aromatic carbocycles. The first-order chi connectivity index (χ1) is 14.1. The summed E-state index contributed by atoms with van der Waals surface area (Å²) in [5, 5.41) is 3.04. The van der Waals surface area contributed by atoms with Gasteiger partial charge in [-0.25, -0.2) is 30.9 Å². The van der Waals surface area contributed by atoms with Gasteiger partial charge in [-0.2, -0.15) is 4.98 Å². The number of nitrogens with two attached hydrogens (primary N) is 1. The zero-order chi connectivity index (χ0) is 22.1. The highest BCUT2D eigenvalue weighted by atomic mass is 32.2. The van der Waals surface area contributed by atoms with Gasteiger partial charge in [0.05, 0.1) is 11.8 Å². The molecule has 0 aliphatic carbocycles. The summed E-state index contributed by atoms with van der Waals surface area (Å²) in [5.74, 6) is -3.91. The summed E-state index contributed by atoms with van der Waals surface area (Å²) < 4.78 is 57.0. The first kappa shape index (κ1) is 21.7. The Hall–Kier alpha value is -2.99. The Morgan fingerprint density at radius 1 is 1.33 bits per heavy atom. The molecule has 9 nitrogen and oxygen atoms in total. The molecule has 0 amide bonds. The first-order valence-corrected chi connectivity index (χ1v) is 10.8. The quantitative estimate of drug-likeness (QED) is 0.514. The normalized spacial score (nSPS) is 15.7. The number of benzene rings is 1. The second-order valence-electron chi connectivity index (χ2n) is 6.78. The average molecular weight is 440 g/mol. The molecule has 3 N–H and O–H groups in total. The Morgan fingerprint density at radius 3 is 2.57 bits per heavy atom. The summed E-state index contributed by atoms with van der Waals surface area (Å²) >= 11 is 0. The minimum absolute atomic E-state index is 0.0872. The number of rotatable bonds is 6. The average Bonchev–Trinajstić information content (AvgIpc) is 2.69. The zero-order valence-electron chi connectivity index (χ0n) is 16.1. The fourth-order valence-corrected chi connectivity index (χ4v) is 4.03. The Bertz CT molecular complexity index is 1100. The molecule has 0 unspecified atom stereocenters. The fraction of sp³-hybridized carbons (Fsp3) is 0.333. The molecule has 1 aliphatic heterocycles. The summed E-state index contributed by atoms with van der Waals surface area (Å²) in [7, 11) is -3.24. The maximum absolute atomic E-state index is 14.2. The number of carbonyl (C=O) groups is 1. The SMILES string of the molecule is C=[O+]c1ccc(F)c(F)c1C(=O)c1cnc(NC2CCN(S(C)(=O)=O)CC2)nc1N. The van der Waals surface area contributed by atoms with Crippen molar-refractivity contribution in [2.75, 3.05) is 30.4 Å². The predicted molar refractivity (Wildman–Crippen MR) is 106 cm³/mol. The Kier molecular flexibility index (Phi) is 6.08. The van der Waals surface area contributed by atoms with Crippen molar-refractivity contribution in [3.63, 3.8) is 0 Å². The van der Waals surface area contributed by atoms with Crippen molar-refractivity contribution in [2.24, 2.45) is 0 Å². The number of anilines is 2. The third-order valence-corrected chi connectivity index (χ3v) is 6.06. The van der Waals surface area contributed by atoms with Crippen LogP contribution in [0, 0.1) is 11.6 Å². The van der Waals surface area contributed by atoms with Gasteiger partial charge in [-0.05, 0) is 18.9 Å². The van der Waals surface area contributed by atoms with Crippen LogP contribution in [0.3, 0.4) is 0 Å².